The van der Waals surface area contributed by atoms with Crippen LogP contribution in [0, 0.1) is 0 Å². The van der Waals surface area contributed by atoms with E-state index in [0.717, 1.165) is 20.8 Å². The second kappa shape index (κ2) is 37.2. The number of carboxylic acid groups (broad SMARTS) is 3. The van der Waals surface area contributed by atoms with Gasteiger partial charge in [0.1, 0.15) is 72.6 Å². The first-order valence-electron chi connectivity index (χ1n) is 31.8. The molecule has 1 fully saturated rings. The summed E-state index contributed by atoms with van der Waals surface area (Å²) in [6.45, 7) is 1.94. The smallest absolute Gasteiger partial charge is 0.329 e. The van der Waals surface area contributed by atoms with Crippen LogP contribution in [0.2, 0.25) is 0 Å². The molecule has 5 aromatic rings. The largest absolute Gasteiger partial charge is 0.481 e. The zero-order chi connectivity index (χ0) is 74.2. The molecule has 1 aliphatic rings. The fraction of sp³-hybridized carbons (Fsp3) is 0.415. The maximum Gasteiger partial charge on any atom is 0.329 e. The van der Waals surface area contributed by atoms with Gasteiger partial charge in [0.05, 0.1) is 25.9 Å². The number of cyclic esters (lactones) is 1. The quantitative estimate of drug-likeness (QED) is 0.0290. The highest BCUT2D eigenvalue weighted by Gasteiger charge is 2.40. The zero-order valence-corrected chi connectivity index (χ0v) is 55.0. The Kier molecular flexibility index (Phi) is 28.8. The van der Waals surface area contributed by atoms with Gasteiger partial charge in [-0.1, -0.05) is 66.7 Å². The Morgan fingerprint density at radius 3 is 1.44 bits per heavy atom. The topological polar surface area (TPSA) is 579 Å². The molecule has 0 aliphatic carbocycles. The van der Waals surface area contributed by atoms with Gasteiger partial charge in [-0.3, -0.25) is 71.9 Å². The van der Waals surface area contributed by atoms with Crippen molar-refractivity contribution in [3.8, 4) is 0 Å². The van der Waals surface area contributed by atoms with Gasteiger partial charge in [0.2, 0.25) is 70.9 Å². The van der Waals surface area contributed by atoms with Crippen LogP contribution in [0.1, 0.15) is 82.4 Å². The highest BCUT2D eigenvalue weighted by atomic mass is 16.5. The number of hydrogen-bond donors (Lipinski definition) is 19. The number of nitrogens with one attached hydrogen (secondary N) is 13. The van der Waals surface area contributed by atoms with Gasteiger partial charge in [-0.25, -0.2) is 4.79 Å². The maximum absolute atomic E-state index is 15.2. The Morgan fingerprint density at radius 2 is 0.931 bits per heavy atom. The number of esters is 1. The van der Waals surface area contributed by atoms with E-state index in [-0.39, 0.29) is 19.4 Å². The zero-order valence-electron chi connectivity index (χ0n) is 55.0. The molecule has 2 aromatic heterocycles. The fourth-order valence-corrected chi connectivity index (χ4v) is 10.8. The van der Waals surface area contributed by atoms with E-state index in [1.165, 1.54) is 24.5 Å². The van der Waals surface area contributed by atoms with Crippen molar-refractivity contribution in [3.63, 3.8) is 0 Å². The minimum atomic E-state index is -2.14. The number of aromatic amines is 2. The van der Waals surface area contributed by atoms with Crippen LogP contribution in [0.5, 0.6) is 0 Å². The highest BCUT2D eigenvalue weighted by Crippen LogP contribution is 2.22. The van der Waals surface area contributed by atoms with Crippen LogP contribution in [0.4, 0.5) is 0 Å². The predicted octanol–water partition coefficient (Wildman–Crippen LogP) is -4.58. The van der Waals surface area contributed by atoms with E-state index in [1.54, 1.807) is 66.7 Å². The first kappa shape index (κ1) is 78.2. The molecule has 0 spiro atoms. The lowest BCUT2D eigenvalue weighted by atomic mass is 10.0. The van der Waals surface area contributed by atoms with Crippen molar-refractivity contribution in [2.75, 3.05) is 13.2 Å². The van der Waals surface area contributed by atoms with Gasteiger partial charge in [0, 0.05) is 66.8 Å². The number of benzene rings is 3. The van der Waals surface area contributed by atoms with Crippen LogP contribution in [0.15, 0.2) is 91.3 Å². The summed E-state index contributed by atoms with van der Waals surface area (Å²) in [6, 6.07) is -0.113. The number of para-hydroxylation sites is 2. The van der Waals surface area contributed by atoms with Gasteiger partial charge >= 0.3 is 23.9 Å². The van der Waals surface area contributed by atoms with E-state index in [9.17, 15) is 87.5 Å². The lowest BCUT2D eigenvalue weighted by Crippen LogP contribution is -2.62. The van der Waals surface area contributed by atoms with Gasteiger partial charge in [-0.15, -0.1) is 0 Å². The monoisotopic (exact) mass is 1410 g/mol. The Balaban J connectivity index is 1.51. The molecular formula is C65H81N15O21. The molecule has 0 bridgehead atoms. The molecule has 101 heavy (non-hydrogen) atoms. The van der Waals surface area contributed by atoms with Crippen molar-refractivity contribution >= 4 is 117 Å². The molecule has 36 nitrogen and oxygen atoms in total. The maximum atomic E-state index is 15.2. The number of aliphatic hydroxyl groups is 1. The fourth-order valence-electron chi connectivity index (χ4n) is 10.8. The van der Waals surface area contributed by atoms with Crippen molar-refractivity contribution in [2.45, 2.75) is 158 Å². The number of aliphatic hydroxyl groups excluding tert-OH is 1. The number of aromatic nitrogens is 2. The second-order valence-electron chi connectivity index (χ2n) is 23.8. The number of aliphatic carboxylic acids is 3. The lowest BCUT2D eigenvalue weighted by Gasteiger charge is -2.30. The third-order valence-corrected chi connectivity index (χ3v) is 16.0. The van der Waals surface area contributed by atoms with E-state index in [1.807, 2.05) is 0 Å². The molecule has 12 atom stereocenters. The van der Waals surface area contributed by atoms with Gasteiger partial charge in [-0.05, 0) is 68.5 Å². The van der Waals surface area contributed by atoms with Crippen molar-refractivity contribution in [2.24, 2.45) is 11.5 Å². The summed E-state index contributed by atoms with van der Waals surface area (Å²) in [5, 5.41) is 66.7. The first-order valence-corrected chi connectivity index (χ1v) is 31.8. The van der Waals surface area contributed by atoms with Gasteiger partial charge in [0.25, 0.3) is 0 Å². The molecule has 12 amide bonds. The lowest BCUT2D eigenvalue weighted by molar-refractivity contribution is -0.156. The average Bonchev–Trinajstić information content (AvgIpc) is 1.77. The molecule has 36 heteroatoms. The molecular weight excluding hydrogens is 1330 g/mol. The number of primary amides is 1. The van der Waals surface area contributed by atoms with Crippen LogP contribution in [-0.4, -0.2) is 211 Å². The van der Waals surface area contributed by atoms with Crippen LogP contribution in [0.3, 0.4) is 0 Å². The SMILES string of the molecule is CC(=O)N[C@@H](CO)C(=O)N[C@@H]1C(=O)N[C@H](Cc2c[nH]c3ccccc23)C(=O)NC(CCCN)C(=O)N[C@@H](CC(=O)O)C(=O)N[C@H](Cc2ccccc2)C(=O)N[C@@H](CC(=O)O)C(=O)N[C@@H](C)C(=O)NC(CC(N)=O)C(=O)N[C@@H](CCC(=O)O)C(=O)NC(Cc2c[nH]c3ccccc23)C(=O)O[C@@H]1C. The van der Waals surface area contributed by atoms with Gasteiger partial charge in [-0.2, -0.15) is 0 Å². The summed E-state index contributed by atoms with van der Waals surface area (Å²) in [6.07, 6.45) is -5.68. The summed E-state index contributed by atoms with van der Waals surface area (Å²) in [4.78, 5) is 227. The van der Waals surface area contributed by atoms with Crippen molar-refractivity contribution < 1.29 is 102 Å². The number of carbonyl (C=O) groups is 16. The van der Waals surface area contributed by atoms with Gasteiger partial charge in [0.15, 0.2) is 0 Å². The molecule has 1 saturated heterocycles. The van der Waals surface area contributed by atoms with Crippen LogP contribution in [0.25, 0.3) is 21.8 Å². The number of carbonyl (C=O) groups excluding carboxylic acids is 13. The first-order chi connectivity index (χ1) is 47.9. The van der Waals surface area contributed by atoms with Crippen LogP contribution >= 0.6 is 0 Å². The standard InChI is InChI=1S/C65H81N15O21/c1-31-55(90)74-45(25-50(67)83)61(96)73-42(19-20-51(84)85)57(92)79-48(24-36-29-69-40-17-10-8-15-38(36)40)65(100)101-32(2)54(80-63(98)49(30-81)71-33(3)82)64(99)78-44(23-35-28-68-39-16-9-7-14-37(35)39)60(95)72-41(18-11-21-66)56(91)76-47(27-53(88)89)62(97)75-43(22-34-12-5-4-6-13-34)59(94)77-46(26-52(86)87)58(93)70-31/h4-10,12-17,28-29,31-32,41-49,54,68-69,81H,11,18-27,30,66H2,1-3H3,(H2,67,83)(H,70,93)(H,71,82)(H,72,95)(H,73,96)(H,74,90)(H,75,97)(H,76,91)(H,77,94)(H,78,99)(H,79,92)(H,80,98)(H,84,85)(H,86,87)(H,88,89)/t31-,32+,41?,42-,43+,44+,45?,46-,47-,48?,49-,54-/m0/s1. The minimum Gasteiger partial charge on any atom is -0.481 e. The summed E-state index contributed by atoms with van der Waals surface area (Å²) in [7, 11) is 0. The third kappa shape index (κ3) is 23.4. The van der Waals surface area contributed by atoms with Crippen LogP contribution in [-0.2, 0) is 101 Å². The number of hydrogen-bond acceptors (Lipinski definition) is 19. The number of amides is 12. The van der Waals surface area contributed by atoms with E-state index >= 15 is 9.59 Å². The summed E-state index contributed by atoms with van der Waals surface area (Å²) < 4.78 is 5.92. The molecule has 0 saturated carbocycles. The highest BCUT2D eigenvalue weighted by molar-refractivity contribution is 6.02. The molecule has 6 rings (SSSR count). The van der Waals surface area contributed by atoms with Crippen molar-refractivity contribution in [1.82, 2.24) is 68.5 Å². The Labute approximate surface area is 575 Å². The summed E-state index contributed by atoms with van der Waals surface area (Å²) in [5.74, 6) is -21.2. The number of H-pyrrole nitrogens is 2. The van der Waals surface area contributed by atoms with E-state index in [0.29, 0.717) is 38.5 Å². The molecule has 1 aliphatic heterocycles. The summed E-state index contributed by atoms with van der Waals surface area (Å²) >= 11 is 0. The molecule has 3 aromatic carbocycles. The third-order valence-electron chi connectivity index (χ3n) is 16.0. The molecule has 3 unspecified atom stereocenters. The van der Waals surface area contributed by atoms with E-state index in [4.69, 9.17) is 16.2 Å². The number of ether oxygens (including phenoxy) is 1. The minimum absolute atomic E-state index is 0.0337. The number of carboxylic acids is 3. The number of nitrogens with two attached hydrogens (primary N) is 2. The number of rotatable bonds is 22. The average molecular weight is 1410 g/mol. The normalized spacial score (nSPS) is 23.2. The van der Waals surface area contributed by atoms with Crippen molar-refractivity contribution in [3.05, 3.63) is 108 Å². The second-order valence-corrected chi connectivity index (χ2v) is 23.8. The Morgan fingerprint density at radius 1 is 0.505 bits per heavy atom. The predicted molar refractivity (Wildman–Crippen MR) is 353 cm³/mol. The molecule has 0 radical (unpaired) electrons. The molecule has 21 N–H and O–H groups in total. The Hall–Kier alpha value is -11.8. The molecule has 3 heterocycles. The van der Waals surface area contributed by atoms with E-state index < -0.39 is 225 Å². The molecule has 542 valence electrons. The Bertz CT molecular complexity index is 3900. The van der Waals surface area contributed by atoms with Crippen LogP contribution < -0.4 is 70.0 Å². The van der Waals surface area contributed by atoms with Crippen molar-refractivity contribution in [1.29, 1.82) is 0 Å². The van der Waals surface area contributed by atoms with Gasteiger partial charge < -0.3 is 105 Å². The summed E-state index contributed by atoms with van der Waals surface area (Å²) in [5.41, 5.74) is 13.5. The number of fused-ring (bicyclic) bond motifs is 2. The van der Waals surface area contributed by atoms with E-state index in [2.05, 4.69) is 68.5 Å².